The van der Waals surface area contributed by atoms with Crippen LogP contribution in [-0.4, -0.2) is 40.7 Å². The van der Waals surface area contributed by atoms with Gasteiger partial charge in [-0.3, -0.25) is 9.59 Å². The van der Waals surface area contributed by atoms with Crippen molar-refractivity contribution in [2.24, 2.45) is 5.10 Å². The molecule has 1 aliphatic rings. The molecule has 0 aliphatic carbocycles. The predicted molar refractivity (Wildman–Crippen MR) is 74.1 cm³/mol. The van der Waals surface area contributed by atoms with E-state index in [4.69, 9.17) is 5.11 Å². The van der Waals surface area contributed by atoms with Gasteiger partial charge in [-0.1, -0.05) is 0 Å². The van der Waals surface area contributed by atoms with Crippen LogP contribution in [0.2, 0.25) is 0 Å². The minimum atomic E-state index is -1.02. The highest BCUT2D eigenvalue weighted by Crippen LogP contribution is 2.26. The zero-order chi connectivity index (χ0) is 14.9. The maximum Gasteiger partial charge on any atom is 0.346 e. The summed E-state index contributed by atoms with van der Waals surface area (Å²) in [6.45, 7) is 1.67. The summed E-state index contributed by atoms with van der Waals surface area (Å²) in [5.41, 5.74) is 0.853. The van der Waals surface area contributed by atoms with Gasteiger partial charge >= 0.3 is 5.97 Å². The number of hydrogen-bond donors (Lipinski definition) is 2. The third kappa shape index (κ3) is 2.85. The van der Waals surface area contributed by atoms with Crippen molar-refractivity contribution in [3.8, 4) is 0 Å². The van der Waals surface area contributed by atoms with Gasteiger partial charge in [-0.05, 0) is 18.6 Å². The first kappa shape index (κ1) is 14.2. The van der Waals surface area contributed by atoms with Crippen molar-refractivity contribution in [2.45, 2.75) is 19.8 Å². The molecule has 2 amide bonds. The summed E-state index contributed by atoms with van der Waals surface area (Å²) >= 11 is 0.994. The number of nitrogens with one attached hydrogen (secondary N) is 1. The molecule has 0 saturated heterocycles. The van der Waals surface area contributed by atoms with E-state index in [1.54, 1.807) is 13.0 Å². The summed E-state index contributed by atoms with van der Waals surface area (Å²) in [6, 6.07) is 1.60. The fraction of sp³-hybridized carbons (Fsp3) is 0.333. The Morgan fingerprint density at radius 3 is 2.70 bits per heavy atom. The first-order valence-electron chi connectivity index (χ1n) is 5.87. The molecule has 0 radical (unpaired) electrons. The lowest BCUT2D eigenvalue weighted by atomic mass is 10.1. The summed E-state index contributed by atoms with van der Waals surface area (Å²) in [5, 5.41) is 17.1. The number of nitrogens with zero attached hydrogens (tertiary/aromatic N) is 2. The molecule has 20 heavy (non-hydrogen) atoms. The lowest BCUT2D eigenvalue weighted by molar-refractivity contribution is -0.130. The highest BCUT2D eigenvalue weighted by atomic mass is 32.1. The Bertz CT molecular complexity index is 620. The molecule has 2 N–H and O–H groups in total. The largest absolute Gasteiger partial charge is 0.477 e. The van der Waals surface area contributed by atoms with Crippen LogP contribution in [0.3, 0.4) is 0 Å². The zero-order valence-corrected chi connectivity index (χ0v) is 11.8. The van der Waals surface area contributed by atoms with Crippen molar-refractivity contribution in [1.82, 2.24) is 5.01 Å². The van der Waals surface area contributed by atoms with Crippen LogP contribution in [0.15, 0.2) is 11.2 Å². The molecular formula is C12H13N3O4S. The summed E-state index contributed by atoms with van der Waals surface area (Å²) < 4.78 is 0. The first-order chi connectivity index (χ1) is 9.38. The van der Waals surface area contributed by atoms with Crippen LogP contribution < -0.4 is 5.32 Å². The second-order valence-electron chi connectivity index (χ2n) is 4.35. The molecule has 1 aromatic rings. The number of carbonyl (C=O) groups excluding carboxylic acids is 2. The van der Waals surface area contributed by atoms with Crippen LogP contribution in [0.25, 0.3) is 0 Å². The van der Waals surface area contributed by atoms with Gasteiger partial charge in [0.1, 0.15) is 10.6 Å². The van der Waals surface area contributed by atoms with Crippen LogP contribution in [0.1, 0.15) is 28.1 Å². The number of rotatable bonds is 3. The average Bonchev–Trinajstić information content (AvgIpc) is 2.73. The number of carboxylic acids is 1. The third-order valence-electron chi connectivity index (χ3n) is 2.82. The van der Waals surface area contributed by atoms with E-state index in [0.717, 1.165) is 16.3 Å². The van der Waals surface area contributed by atoms with Gasteiger partial charge in [0.15, 0.2) is 0 Å². The van der Waals surface area contributed by atoms with Gasteiger partial charge in [-0.25, -0.2) is 9.80 Å². The number of carbonyl (C=O) groups is 3. The van der Waals surface area contributed by atoms with Crippen molar-refractivity contribution >= 4 is 39.8 Å². The number of amides is 2. The second kappa shape index (κ2) is 5.41. The molecule has 2 heterocycles. The molecule has 106 valence electrons. The smallest absolute Gasteiger partial charge is 0.346 e. The molecule has 0 bridgehead atoms. The molecule has 8 heteroatoms. The van der Waals surface area contributed by atoms with Crippen molar-refractivity contribution in [1.29, 1.82) is 0 Å². The molecule has 0 spiro atoms. The molecule has 0 aromatic carbocycles. The van der Waals surface area contributed by atoms with Crippen molar-refractivity contribution < 1.29 is 19.5 Å². The fourth-order valence-corrected chi connectivity index (χ4v) is 2.68. The number of thiophene rings is 1. The standard InChI is InChI=1S/C12H13N3O4S/c1-6-5-8(20-10(6)12(18)19)13-11(17)7-3-4-9(16)15(2)14-7/h5H,3-4H2,1-2H3,(H,13,17)(H,18,19). The maximum atomic E-state index is 12.0. The number of carboxylic acid groups (broad SMARTS) is 1. The summed E-state index contributed by atoms with van der Waals surface area (Å²) in [7, 11) is 1.49. The molecule has 2 rings (SSSR count). The predicted octanol–water partition coefficient (Wildman–Crippen LogP) is 1.30. The van der Waals surface area contributed by atoms with Gasteiger partial charge in [-0.2, -0.15) is 5.10 Å². The van der Waals surface area contributed by atoms with Crippen LogP contribution in [0.4, 0.5) is 5.00 Å². The quantitative estimate of drug-likeness (QED) is 0.878. The molecule has 1 aromatic heterocycles. The number of aryl methyl sites for hydroxylation is 1. The van der Waals surface area contributed by atoms with Gasteiger partial charge in [0.05, 0.1) is 5.00 Å². The van der Waals surface area contributed by atoms with E-state index in [1.807, 2.05) is 0 Å². The zero-order valence-electron chi connectivity index (χ0n) is 11.0. The lowest BCUT2D eigenvalue weighted by Crippen LogP contribution is -2.33. The van der Waals surface area contributed by atoms with E-state index >= 15 is 0 Å². The van der Waals surface area contributed by atoms with E-state index in [0.29, 0.717) is 10.6 Å². The van der Waals surface area contributed by atoms with Crippen LogP contribution in [0, 0.1) is 6.92 Å². The first-order valence-corrected chi connectivity index (χ1v) is 6.69. The van der Waals surface area contributed by atoms with Gasteiger partial charge in [0, 0.05) is 19.9 Å². The minimum absolute atomic E-state index is 0.137. The summed E-state index contributed by atoms with van der Waals surface area (Å²) in [4.78, 5) is 34.4. The molecule has 7 nitrogen and oxygen atoms in total. The van der Waals surface area contributed by atoms with Crippen molar-refractivity contribution in [3.63, 3.8) is 0 Å². The second-order valence-corrected chi connectivity index (χ2v) is 5.40. The third-order valence-corrected chi connectivity index (χ3v) is 3.96. The number of hydrazone groups is 1. The average molecular weight is 295 g/mol. The lowest BCUT2D eigenvalue weighted by Gasteiger charge is -2.18. The topological polar surface area (TPSA) is 99.1 Å². The van der Waals surface area contributed by atoms with Gasteiger partial charge in [0.2, 0.25) is 5.91 Å². The van der Waals surface area contributed by atoms with Crippen LogP contribution >= 0.6 is 11.3 Å². The molecule has 0 fully saturated rings. The Morgan fingerprint density at radius 2 is 2.15 bits per heavy atom. The van der Waals surface area contributed by atoms with Crippen molar-refractivity contribution in [2.75, 3.05) is 12.4 Å². The molecule has 0 atom stereocenters. The molecular weight excluding hydrogens is 282 g/mol. The number of hydrogen-bond acceptors (Lipinski definition) is 5. The Balaban J connectivity index is 2.12. The molecule has 1 aliphatic heterocycles. The number of aromatic carboxylic acids is 1. The van der Waals surface area contributed by atoms with Crippen molar-refractivity contribution in [3.05, 3.63) is 16.5 Å². The van der Waals surface area contributed by atoms with Crippen LogP contribution in [0.5, 0.6) is 0 Å². The van der Waals surface area contributed by atoms with E-state index in [-0.39, 0.29) is 29.3 Å². The van der Waals surface area contributed by atoms with Gasteiger partial charge in [0.25, 0.3) is 5.91 Å². The Kier molecular flexibility index (Phi) is 3.84. The maximum absolute atomic E-state index is 12.0. The monoisotopic (exact) mass is 295 g/mol. The van der Waals surface area contributed by atoms with E-state index < -0.39 is 11.9 Å². The fourth-order valence-electron chi connectivity index (χ4n) is 1.77. The van der Waals surface area contributed by atoms with Gasteiger partial charge < -0.3 is 10.4 Å². The molecule has 0 saturated carbocycles. The Hall–Kier alpha value is -2.22. The molecule has 0 unspecified atom stereocenters. The van der Waals surface area contributed by atoms with Gasteiger partial charge in [-0.15, -0.1) is 11.3 Å². The Labute approximate surface area is 118 Å². The summed E-state index contributed by atoms with van der Waals surface area (Å²) in [5.74, 6) is -1.57. The van der Waals surface area contributed by atoms with E-state index in [9.17, 15) is 14.4 Å². The van der Waals surface area contributed by atoms with Crippen LogP contribution in [-0.2, 0) is 9.59 Å². The van der Waals surface area contributed by atoms with E-state index in [1.165, 1.54) is 7.05 Å². The highest BCUT2D eigenvalue weighted by Gasteiger charge is 2.23. The highest BCUT2D eigenvalue weighted by molar-refractivity contribution is 7.18. The SMILES string of the molecule is Cc1cc(NC(=O)C2=NN(C)C(=O)CC2)sc1C(=O)O. The summed E-state index contributed by atoms with van der Waals surface area (Å²) in [6.07, 6.45) is 0.526. The normalized spacial score (nSPS) is 15.0. The minimum Gasteiger partial charge on any atom is -0.477 e. The van der Waals surface area contributed by atoms with E-state index in [2.05, 4.69) is 10.4 Å². The number of anilines is 1. The Morgan fingerprint density at radius 1 is 1.45 bits per heavy atom.